The van der Waals surface area contributed by atoms with Gasteiger partial charge in [0.1, 0.15) is 23.0 Å². The van der Waals surface area contributed by atoms with Crippen LogP contribution in [0.5, 0.6) is 0 Å². The second kappa shape index (κ2) is 13.4. The first-order valence-corrected chi connectivity index (χ1v) is 16.9. The smallest absolute Gasteiger partial charge is 0.255 e. The Labute approximate surface area is 280 Å². The van der Waals surface area contributed by atoms with Crippen molar-refractivity contribution in [3.05, 3.63) is 113 Å². The molecule has 242 valence electrons. The van der Waals surface area contributed by atoms with Crippen LogP contribution in [0.1, 0.15) is 48.2 Å². The topological polar surface area (TPSA) is 95.9 Å². The third kappa shape index (κ3) is 6.33. The molecule has 1 fully saturated rings. The van der Waals surface area contributed by atoms with Crippen molar-refractivity contribution in [2.24, 2.45) is 0 Å². The van der Waals surface area contributed by atoms with Gasteiger partial charge in [-0.3, -0.25) is 4.79 Å². The molecule has 6 aromatic rings. The van der Waals surface area contributed by atoms with Gasteiger partial charge >= 0.3 is 0 Å². The SMILES string of the molecule is CCc1c(-c2csc(-c3ccc4ncnc(NC5CC5)c4c3)n2)cccc1N(CC)c1ncccc1C(=O)NCc1ccc(F)c(F)c1. The number of benzene rings is 3. The van der Waals surface area contributed by atoms with Crippen molar-refractivity contribution < 1.29 is 13.6 Å². The van der Waals surface area contributed by atoms with E-state index < -0.39 is 11.6 Å². The quantitative estimate of drug-likeness (QED) is 0.144. The van der Waals surface area contributed by atoms with Gasteiger partial charge in [-0.25, -0.2) is 28.7 Å². The van der Waals surface area contributed by atoms with Gasteiger partial charge in [-0.1, -0.05) is 25.1 Å². The van der Waals surface area contributed by atoms with Crippen molar-refractivity contribution in [2.45, 2.75) is 45.7 Å². The van der Waals surface area contributed by atoms with Crippen LogP contribution in [0.15, 0.2) is 84.6 Å². The number of carbonyl (C=O) groups is 1. The van der Waals surface area contributed by atoms with E-state index in [1.54, 1.807) is 36.0 Å². The van der Waals surface area contributed by atoms with Crippen LogP contribution >= 0.6 is 11.3 Å². The molecule has 0 unspecified atom stereocenters. The number of anilines is 3. The Balaban J connectivity index is 1.18. The second-order valence-electron chi connectivity index (χ2n) is 11.6. The maximum absolute atomic E-state index is 13.7. The van der Waals surface area contributed by atoms with Crippen LogP contribution in [-0.4, -0.2) is 38.4 Å². The minimum atomic E-state index is -0.956. The van der Waals surface area contributed by atoms with Crippen molar-refractivity contribution in [2.75, 3.05) is 16.8 Å². The summed E-state index contributed by atoms with van der Waals surface area (Å²) in [4.78, 5) is 34.1. The molecular weight excluding hydrogens is 629 g/mol. The average Bonchev–Trinajstić information content (AvgIpc) is 3.80. The Kier molecular flexibility index (Phi) is 8.77. The van der Waals surface area contributed by atoms with E-state index >= 15 is 0 Å². The zero-order chi connectivity index (χ0) is 33.2. The van der Waals surface area contributed by atoms with Crippen LogP contribution in [0.2, 0.25) is 0 Å². The van der Waals surface area contributed by atoms with Gasteiger partial charge in [0.2, 0.25) is 0 Å². The molecule has 0 aliphatic heterocycles. The highest BCUT2D eigenvalue weighted by Crippen LogP contribution is 2.38. The molecule has 0 spiro atoms. The van der Waals surface area contributed by atoms with E-state index in [9.17, 15) is 13.6 Å². The largest absolute Gasteiger partial charge is 0.367 e. The number of fused-ring (bicyclic) bond motifs is 1. The number of nitrogens with zero attached hydrogens (tertiary/aromatic N) is 5. The lowest BCUT2D eigenvalue weighted by molar-refractivity contribution is 0.0951. The first-order valence-electron chi connectivity index (χ1n) is 16.0. The molecule has 3 aromatic carbocycles. The summed E-state index contributed by atoms with van der Waals surface area (Å²) < 4.78 is 27.1. The Morgan fingerprint density at radius 1 is 0.979 bits per heavy atom. The zero-order valence-electron chi connectivity index (χ0n) is 26.5. The summed E-state index contributed by atoms with van der Waals surface area (Å²) in [5.74, 6) is -0.894. The molecule has 1 aliphatic rings. The van der Waals surface area contributed by atoms with Crippen molar-refractivity contribution in [1.29, 1.82) is 0 Å². The van der Waals surface area contributed by atoms with Crippen LogP contribution in [0.3, 0.4) is 0 Å². The lowest BCUT2D eigenvalue weighted by atomic mass is 9.99. The molecule has 11 heteroatoms. The molecule has 0 radical (unpaired) electrons. The van der Waals surface area contributed by atoms with Crippen molar-refractivity contribution >= 4 is 45.5 Å². The normalized spacial score (nSPS) is 12.7. The van der Waals surface area contributed by atoms with Gasteiger partial charge < -0.3 is 15.5 Å². The number of aromatic nitrogens is 4. The van der Waals surface area contributed by atoms with Gasteiger partial charge in [0.05, 0.1) is 16.8 Å². The summed E-state index contributed by atoms with van der Waals surface area (Å²) >= 11 is 1.59. The van der Waals surface area contributed by atoms with Crippen molar-refractivity contribution in [1.82, 2.24) is 25.3 Å². The van der Waals surface area contributed by atoms with Gasteiger partial charge in [-0.2, -0.15) is 0 Å². The molecule has 8 nitrogen and oxygen atoms in total. The van der Waals surface area contributed by atoms with E-state index in [1.807, 2.05) is 30.0 Å². The third-order valence-corrected chi connectivity index (χ3v) is 9.31. The van der Waals surface area contributed by atoms with Crippen LogP contribution in [0.25, 0.3) is 32.7 Å². The third-order valence-electron chi connectivity index (χ3n) is 8.42. The lowest BCUT2D eigenvalue weighted by Gasteiger charge is -2.27. The maximum atomic E-state index is 13.7. The van der Waals surface area contributed by atoms with Crippen molar-refractivity contribution in [3.8, 4) is 21.8 Å². The molecule has 3 heterocycles. The number of amides is 1. The number of pyridine rings is 1. The van der Waals surface area contributed by atoms with E-state index in [-0.39, 0.29) is 12.5 Å². The molecule has 1 amide bonds. The standard InChI is InChI=1S/C37H33F2N7OS/c1-3-25-26(32-20-48-37(45-32)23-11-15-31-28(18-23)34(43-21-42-31)44-24-12-13-24)7-5-9-33(25)46(4-2)35-27(8-6-16-40-35)36(47)41-19-22-10-14-29(38)30(39)17-22/h5-11,14-18,20-21,24H,3-4,12-13,19H2,1-2H3,(H,41,47)(H,42,43,44). The maximum Gasteiger partial charge on any atom is 0.255 e. The molecule has 7 rings (SSSR count). The summed E-state index contributed by atoms with van der Waals surface area (Å²) in [7, 11) is 0. The van der Waals surface area contributed by atoms with E-state index in [1.165, 1.54) is 6.07 Å². The molecule has 1 aliphatic carbocycles. The number of nitrogens with one attached hydrogen (secondary N) is 2. The molecular formula is C37H33F2N7OS. The molecule has 48 heavy (non-hydrogen) atoms. The Hall–Kier alpha value is -5.29. The van der Waals surface area contributed by atoms with Gasteiger partial charge in [0.25, 0.3) is 5.91 Å². The van der Waals surface area contributed by atoms with Crippen LogP contribution in [0.4, 0.5) is 26.1 Å². The first-order chi connectivity index (χ1) is 23.4. The Bertz CT molecular complexity index is 2130. The highest BCUT2D eigenvalue weighted by molar-refractivity contribution is 7.13. The van der Waals surface area contributed by atoms with Crippen LogP contribution in [-0.2, 0) is 13.0 Å². The predicted molar refractivity (Wildman–Crippen MR) is 187 cm³/mol. The molecule has 0 saturated heterocycles. The molecule has 3 aromatic heterocycles. The summed E-state index contributed by atoms with van der Waals surface area (Å²) in [6.45, 7) is 4.71. The highest BCUT2D eigenvalue weighted by Gasteiger charge is 2.24. The fraction of sp³-hybridized carbons (Fsp3) is 0.216. The van der Waals surface area contributed by atoms with E-state index in [4.69, 9.17) is 4.98 Å². The summed E-state index contributed by atoms with van der Waals surface area (Å²) in [6, 6.07) is 19.8. The fourth-order valence-electron chi connectivity index (χ4n) is 5.85. The molecule has 0 bridgehead atoms. The molecule has 1 saturated carbocycles. The lowest BCUT2D eigenvalue weighted by Crippen LogP contribution is -2.27. The van der Waals surface area contributed by atoms with Crippen molar-refractivity contribution in [3.63, 3.8) is 0 Å². The summed E-state index contributed by atoms with van der Waals surface area (Å²) in [6.07, 6.45) is 6.30. The van der Waals surface area contributed by atoms with Crippen LogP contribution in [0, 0.1) is 11.6 Å². The number of halogens is 2. The molecule has 2 N–H and O–H groups in total. The fourth-order valence-corrected chi connectivity index (χ4v) is 6.66. The second-order valence-corrected chi connectivity index (χ2v) is 12.5. The van der Waals surface area contributed by atoms with E-state index in [2.05, 4.69) is 56.1 Å². The highest BCUT2D eigenvalue weighted by atomic mass is 32.1. The average molecular weight is 662 g/mol. The first kappa shape index (κ1) is 31.3. The predicted octanol–water partition coefficient (Wildman–Crippen LogP) is 8.32. The van der Waals surface area contributed by atoms with Gasteiger partial charge in [0.15, 0.2) is 11.6 Å². The number of hydrogen-bond acceptors (Lipinski definition) is 8. The monoisotopic (exact) mass is 661 g/mol. The zero-order valence-corrected chi connectivity index (χ0v) is 27.3. The van der Waals surface area contributed by atoms with E-state index in [0.717, 1.165) is 81.2 Å². The number of hydrogen-bond donors (Lipinski definition) is 2. The number of thiazole rings is 1. The minimum absolute atomic E-state index is 0.0426. The van der Waals surface area contributed by atoms with Crippen LogP contribution < -0.4 is 15.5 Å². The van der Waals surface area contributed by atoms with Gasteiger partial charge in [-0.05, 0) is 85.8 Å². The van der Waals surface area contributed by atoms with E-state index in [0.29, 0.717) is 29.5 Å². The summed E-state index contributed by atoms with van der Waals surface area (Å²) in [5, 5.41) is 10.3. The van der Waals surface area contributed by atoms with Gasteiger partial charge in [-0.15, -0.1) is 11.3 Å². The molecule has 0 atom stereocenters. The Morgan fingerprint density at radius 2 is 1.85 bits per heavy atom. The Morgan fingerprint density at radius 3 is 2.65 bits per heavy atom. The van der Waals surface area contributed by atoms with Gasteiger partial charge in [0, 0.05) is 52.9 Å². The number of rotatable bonds is 11. The summed E-state index contributed by atoms with van der Waals surface area (Å²) in [5.41, 5.74) is 6.62. The minimum Gasteiger partial charge on any atom is -0.367 e. The number of carbonyl (C=O) groups excluding carboxylic acids is 1.